The van der Waals surface area contributed by atoms with Crippen molar-refractivity contribution in [3.05, 3.63) is 71.9 Å². The smallest absolute Gasteiger partial charge is 0.119 e. The fourth-order valence-corrected chi connectivity index (χ4v) is 4.48. The number of rotatable bonds is 9. The van der Waals surface area contributed by atoms with Crippen LogP contribution in [-0.2, 0) is 6.42 Å². The zero-order valence-corrected chi connectivity index (χ0v) is 18.5. The van der Waals surface area contributed by atoms with Crippen LogP contribution in [0.4, 0.5) is 0 Å². The molecule has 1 aliphatic heterocycles. The van der Waals surface area contributed by atoms with Gasteiger partial charge in [0, 0.05) is 50.3 Å². The predicted octanol–water partition coefficient (Wildman–Crippen LogP) is 3.88. The highest BCUT2D eigenvalue weighted by molar-refractivity contribution is 5.84. The van der Waals surface area contributed by atoms with Crippen LogP contribution >= 0.6 is 0 Å². The van der Waals surface area contributed by atoms with Crippen molar-refractivity contribution in [2.45, 2.75) is 25.3 Å². The van der Waals surface area contributed by atoms with Crippen LogP contribution in [0.1, 0.15) is 30.0 Å². The van der Waals surface area contributed by atoms with Crippen LogP contribution in [0, 0.1) is 0 Å². The van der Waals surface area contributed by atoms with Gasteiger partial charge in [-0.1, -0.05) is 30.3 Å². The highest BCUT2D eigenvalue weighted by atomic mass is 16.5. The van der Waals surface area contributed by atoms with E-state index in [1.165, 1.54) is 31.4 Å². The first kappa shape index (κ1) is 21.8. The monoisotopic (exact) mass is 418 g/mol. The Bertz CT molecular complexity index is 954. The second-order valence-corrected chi connectivity index (χ2v) is 8.47. The normalized spacial score (nSPS) is 16.5. The Morgan fingerprint density at radius 2 is 1.74 bits per heavy atom. The van der Waals surface area contributed by atoms with Crippen LogP contribution in [0.2, 0.25) is 0 Å². The minimum atomic E-state index is -0.0324. The minimum Gasteiger partial charge on any atom is -0.497 e. The van der Waals surface area contributed by atoms with E-state index in [-0.39, 0.29) is 6.04 Å². The molecule has 1 unspecified atom stereocenters. The number of fused-ring (bicyclic) bond motifs is 1. The van der Waals surface area contributed by atoms with Gasteiger partial charge in [-0.2, -0.15) is 0 Å². The molecule has 2 aromatic carbocycles. The van der Waals surface area contributed by atoms with Gasteiger partial charge < -0.3 is 15.4 Å². The number of hydrogen-bond donors (Lipinski definition) is 1. The second-order valence-electron chi connectivity index (χ2n) is 8.47. The van der Waals surface area contributed by atoms with E-state index in [0.717, 1.165) is 54.9 Å². The van der Waals surface area contributed by atoms with Crippen molar-refractivity contribution in [3.63, 3.8) is 0 Å². The lowest BCUT2D eigenvalue weighted by Crippen LogP contribution is -2.48. The molecule has 1 aliphatic rings. The fraction of sp³-hybridized carbons (Fsp3) is 0.423. The third-order valence-corrected chi connectivity index (χ3v) is 6.33. The van der Waals surface area contributed by atoms with Crippen LogP contribution in [0.15, 0.2) is 60.8 Å². The number of ether oxygens (including phenoxy) is 1. The standard InChI is InChI=1S/C26H34N4O/c1-31-22-10-11-26-24(19-22)23(12-13-28-26)25(27)20-30-17-15-29(16-18-30)14-6-5-9-21-7-3-2-4-8-21/h2-4,7-8,10-13,19,25H,5-6,9,14-18,20,27H2,1H3. The Kier molecular flexibility index (Phi) is 7.52. The predicted molar refractivity (Wildman–Crippen MR) is 127 cm³/mol. The van der Waals surface area contributed by atoms with Crippen molar-refractivity contribution in [1.82, 2.24) is 14.8 Å². The Balaban J connectivity index is 1.24. The van der Waals surface area contributed by atoms with Crippen LogP contribution < -0.4 is 10.5 Å². The van der Waals surface area contributed by atoms with Gasteiger partial charge in [0.25, 0.3) is 0 Å². The van der Waals surface area contributed by atoms with E-state index in [0.29, 0.717) is 0 Å². The van der Waals surface area contributed by atoms with Crippen molar-refractivity contribution in [2.75, 3.05) is 46.4 Å². The van der Waals surface area contributed by atoms with Crippen molar-refractivity contribution in [1.29, 1.82) is 0 Å². The molecule has 0 amide bonds. The van der Waals surface area contributed by atoms with Crippen molar-refractivity contribution in [2.24, 2.45) is 5.73 Å². The first-order valence-corrected chi connectivity index (χ1v) is 11.4. The molecule has 1 saturated heterocycles. The van der Waals surface area contributed by atoms with Gasteiger partial charge >= 0.3 is 0 Å². The molecule has 164 valence electrons. The summed E-state index contributed by atoms with van der Waals surface area (Å²) in [4.78, 5) is 9.57. The van der Waals surface area contributed by atoms with Crippen molar-refractivity contribution >= 4 is 10.9 Å². The first-order chi connectivity index (χ1) is 15.2. The van der Waals surface area contributed by atoms with Crippen molar-refractivity contribution in [3.8, 4) is 5.75 Å². The van der Waals surface area contributed by atoms with E-state index in [4.69, 9.17) is 10.5 Å². The molecule has 1 aromatic heterocycles. The highest BCUT2D eigenvalue weighted by Crippen LogP contribution is 2.26. The van der Waals surface area contributed by atoms with E-state index in [1.54, 1.807) is 7.11 Å². The minimum absolute atomic E-state index is 0.0324. The van der Waals surface area contributed by atoms with E-state index in [1.807, 2.05) is 24.4 Å². The molecule has 2 N–H and O–H groups in total. The number of piperazine rings is 1. The quantitative estimate of drug-likeness (QED) is 0.535. The first-order valence-electron chi connectivity index (χ1n) is 11.4. The van der Waals surface area contributed by atoms with Gasteiger partial charge in [-0.3, -0.25) is 9.88 Å². The number of methoxy groups -OCH3 is 1. The molecule has 1 fully saturated rings. The zero-order valence-electron chi connectivity index (χ0n) is 18.5. The Hall–Kier alpha value is -2.47. The molecular weight excluding hydrogens is 384 g/mol. The van der Waals surface area contributed by atoms with E-state index in [2.05, 4.69) is 51.2 Å². The van der Waals surface area contributed by atoms with E-state index >= 15 is 0 Å². The summed E-state index contributed by atoms with van der Waals surface area (Å²) in [5.41, 5.74) is 10.2. The maximum atomic E-state index is 6.65. The average Bonchev–Trinajstić information content (AvgIpc) is 2.82. The molecule has 5 nitrogen and oxygen atoms in total. The summed E-state index contributed by atoms with van der Waals surface area (Å²) in [6, 6.07) is 18.8. The number of aromatic nitrogens is 1. The van der Waals surface area contributed by atoms with Gasteiger partial charge in [-0.25, -0.2) is 0 Å². The lowest BCUT2D eigenvalue weighted by molar-refractivity contribution is 0.126. The Morgan fingerprint density at radius 1 is 0.968 bits per heavy atom. The number of hydrogen-bond acceptors (Lipinski definition) is 5. The lowest BCUT2D eigenvalue weighted by atomic mass is 10.0. The molecule has 4 rings (SSSR count). The van der Waals surface area contributed by atoms with Gasteiger partial charge in [0.1, 0.15) is 5.75 Å². The maximum absolute atomic E-state index is 6.65. The van der Waals surface area contributed by atoms with Crippen LogP contribution in [0.25, 0.3) is 10.9 Å². The summed E-state index contributed by atoms with van der Waals surface area (Å²) in [6.45, 7) is 6.49. The molecule has 0 radical (unpaired) electrons. The number of nitrogens with zero attached hydrogens (tertiary/aromatic N) is 3. The largest absolute Gasteiger partial charge is 0.497 e. The van der Waals surface area contributed by atoms with Gasteiger partial charge in [-0.15, -0.1) is 0 Å². The summed E-state index contributed by atoms with van der Waals surface area (Å²) in [5.74, 6) is 0.842. The molecular formula is C26H34N4O. The van der Waals surface area contributed by atoms with Crippen molar-refractivity contribution < 1.29 is 4.74 Å². The topological polar surface area (TPSA) is 54.6 Å². The Morgan fingerprint density at radius 3 is 2.52 bits per heavy atom. The number of benzene rings is 2. The third kappa shape index (κ3) is 5.82. The lowest BCUT2D eigenvalue weighted by Gasteiger charge is -2.36. The SMILES string of the molecule is COc1ccc2nccc(C(N)CN3CCN(CCCCc4ccccc4)CC3)c2c1. The Labute approximate surface area is 185 Å². The number of nitrogens with two attached hydrogens (primary N) is 1. The number of aryl methyl sites for hydroxylation is 1. The summed E-state index contributed by atoms with van der Waals surface area (Å²) in [7, 11) is 1.69. The second kappa shape index (κ2) is 10.7. The molecule has 5 heteroatoms. The highest BCUT2D eigenvalue weighted by Gasteiger charge is 2.20. The van der Waals surface area contributed by atoms with Crippen LogP contribution in [-0.4, -0.2) is 61.2 Å². The molecule has 0 bridgehead atoms. The number of unbranched alkanes of at least 4 members (excludes halogenated alkanes) is 1. The fourth-order valence-electron chi connectivity index (χ4n) is 4.48. The molecule has 0 spiro atoms. The van der Waals surface area contributed by atoms with E-state index in [9.17, 15) is 0 Å². The maximum Gasteiger partial charge on any atom is 0.119 e. The molecule has 2 heterocycles. The van der Waals surface area contributed by atoms with Gasteiger partial charge in [0.15, 0.2) is 0 Å². The van der Waals surface area contributed by atoms with Crippen LogP contribution in [0.5, 0.6) is 5.75 Å². The molecule has 31 heavy (non-hydrogen) atoms. The molecule has 3 aromatic rings. The number of pyridine rings is 1. The summed E-state index contributed by atoms with van der Waals surface area (Å²) in [5, 5.41) is 1.09. The third-order valence-electron chi connectivity index (χ3n) is 6.33. The van der Waals surface area contributed by atoms with Gasteiger partial charge in [-0.05, 0) is 61.2 Å². The summed E-state index contributed by atoms with van der Waals surface area (Å²) in [6.07, 6.45) is 5.56. The molecule has 1 atom stereocenters. The zero-order chi connectivity index (χ0) is 21.5. The van der Waals surface area contributed by atoms with Crippen LogP contribution in [0.3, 0.4) is 0 Å². The van der Waals surface area contributed by atoms with Gasteiger partial charge in [0.05, 0.1) is 12.6 Å². The summed E-state index contributed by atoms with van der Waals surface area (Å²) < 4.78 is 5.40. The molecule has 0 saturated carbocycles. The van der Waals surface area contributed by atoms with Gasteiger partial charge in [0.2, 0.25) is 0 Å². The summed E-state index contributed by atoms with van der Waals surface area (Å²) >= 11 is 0. The molecule has 0 aliphatic carbocycles. The average molecular weight is 419 g/mol. The van der Waals surface area contributed by atoms with E-state index < -0.39 is 0 Å².